The summed E-state index contributed by atoms with van der Waals surface area (Å²) in [5.74, 6) is 0.846. The number of nitrogens with one attached hydrogen (secondary N) is 1. The average Bonchev–Trinajstić information content (AvgIpc) is 3.56. The minimum atomic E-state index is -0.799. The van der Waals surface area contributed by atoms with Gasteiger partial charge in [0.15, 0.2) is 5.78 Å². The highest BCUT2D eigenvalue weighted by molar-refractivity contribution is 5.97. The summed E-state index contributed by atoms with van der Waals surface area (Å²) in [7, 11) is 0. The first-order chi connectivity index (χ1) is 17.3. The smallest absolute Gasteiger partial charge is 0.308 e. The third-order valence-electron chi connectivity index (χ3n) is 9.14. The molecular formula is C31H43NO4. The van der Waals surface area contributed by atoms with E-state index in [9.17, 15) is 14.7 Å². The molecule has 5 heteroatoms. The zero-order valence-corrected chi connectivity index (χ0v) is 22.2. The summed E-state index contributed by atoms with van der Waals surface area (Å²) in [5.41, 5.74) is 1.90. The predicted octanol–water partition coefficient (Wildman–Crippen LogP) is 6.85. The molecule has 9 atom stereocenters. The number of fused-ring (bicyclic) bond motifs is 1. The third-order valence-corrected chi connectivity index (χ3v) is 9.14. The molecule has 0 unspecified atom stereocenters. The van der Waals surface area contributed by atoms with E-state index >= 15 is 0 Å². The lowest BCUT2D eigenvalue weighted by Crippen LogP contribution is -2.40. The Labute approximate surface area is 216 Å². The lowest BCUT2D eigenvalue weighted by atomic mass is 9.68. The van der Waals surface area contributed by atoms with E-state index in [1.54, 1.807) is 6.92 Å². The molecule has 0 radical (unpaired) electrons. The van der Waals surface area contributed by atoms with E-state index in [0.29, 0.717) is 29.4 Å². The van der Waals surface area contributed by atoms with Crippen LogP contribution in [0.15, 0.2) is 54.3 Å². The van der Waals surface area contributed by atoms with Crippen LogP contribution in [0.2, 0.25) is 0 Å². The maximum Gasteiger partial charge on any atom is 0.308 e. The molecule has 1 aromatic rings. The number of aromatic nitrogens is 1. The predicted molar refractivity (Wildman–Crippen MR) is 143 cm³/mol. The van der Waals surface area contributed by atoms with Crippen LogP contribution in [-0.2, 0) is 9.53 Å². The first-order valence-electron chi connectivity index (χ1n) is 14.0. The van der Waals surface area contributed by atoms with Crippen LogP contribution >= 0.6 is 0 Å². The van der Waals surface area contributed by atoms with Crippen molar-refractivity contribution in [2.75, 3.05) is 0 Å². The molecule has 1 saturated carbocycles. The van der Waals surface area contributed by atoms with Gasteiger partial charge in [0.2, 0.25) is 0 Å². The highest BCUT2D eigenvalue weighted by Gasteiger charge is 2.45. The summed E-state index contributed by atoms with van der Waals surface area (Å²) in [6.45, 7) is 8.33. The van der Waals surface area contributed by atoms with Gasteiger partial charge in [0.25, 0.3) is 0 Å². The van der Waals surface area contributed by atoms with Crippen molar-refractivity contribution < 1.29 is 19.4 Å². The van der Waals surface area contributed by atoms with Crippen molar-refractivity contribution in [1.29, 1.82) is 0 Å². The Hall–Kier alpha value is -2.40. The minimum absolute atomic E-state index is 0.0458. The SMILES string of the molecule is CCC(=CC=C[C@@H]1C=C[C@@H]2[C@@H](CC)CC[C@H]2[C@@H]1C(=O)c1ccc[nH]1)[C@@H]1O[C@@H]([C@@H](C)C(=O)O)CC[C@@H]1C. The fourth-order valence-electron chi connectivity index (χ4n) is 6.88. The van der Waals surface area contributed by atoms with Crippen molar-refractivity contribution in [3.63, 3.8) is 0 Å². The molecule has 0 spiro atoms. The van der Waals surface area contributed by atoms with Crippen molar-refractivity contribution >= 4 is 11.8 Å². The van der Waals surface area contributed by atoms with Gasteiger partial charge in [0, 0.05) is 18.0 Å². The quantitative estimate of drug-likeness (QED) is 0.224. The Balaban J connectivity index is 1.55. The minimum Gasteiger partial charge on any atom is -0.481 e. The van der Waals surface area contributed by atoms with Gasteiger partial charge in [-0.3, -0.25) is 9.59 Å². The van der Waals surface area contributed by atoms with E-state index in [2.05, 4.69) is 56.1 Å². The van der Waals surface area contributed by atoms with E-state index in [1.165, 1.54) is 18.4 Å². The molecule has 2 heterocycles. The van der Waals surface area contributed by atoms with Crippen LogP contribution in [0.4, 0.5) is 0 Å². The number of Topliss-reactive ketones (excluding diaryl/α,β-unsaturated/α-hetero) is 1. The van der Waals surface area contributed by atoms with E-state index in [4.69, 9.17) is 4.74 Å². The lowest BCUT2D eigenvalue weighted by Gasteiger charge is -2.38. The zero-order chi connectivity index (χ0) is 25.8. The molecule has 1 aliphatic heterocycles. The monoisotopic (exact) mass is 493 g/mol. The summed E-state index contributed by atoms with van der Waals surface area (Å²) >= 11 is 0. The van der Waals surface area contributed by atoms with Gasteiger partial charge in [-0.1, -0.05) is 57.6 Å². The van der Waals surface area contributed by atoms with Crippen LogP contribution in [0.25, 0.3) is 0 Å². The number of rotatable bonds is 9. The summed E-state index contributed by atoms with van der Waals surface area (Å²) in [4.78, 5) is 28.3. The van der Waals surface area contributed by atoms with Crippen LogP contribution in [-0.4, -0.2) is 34.1 Å². The number of aromatic amines is 1. The van der Waals surface area contributed by atoms with Gasteiger partial charge >= 0.3 is 5.97 Å². The molecule has 2 aliphatic carbocycles. The number of ether oxygens (including phenoxy) is 1. The number of carbonyl (C=O) groups is 2. The fraction of sp³-hybridized carbons (Fsp3) is 0.613. The molecule has 0 amide bonds. The largest absolute Gasteiger partial charge is 0.481 e. The van der Waals surface area contributed by atoms with E-state index in [1.807, 2.05) is 18.3 Å². The molecule has 2 N–H and O–H groups in total. The summed E-state index contributed by atoms with van der Waals surface area (Å²) < 4.78 is 6.35. The molecule has 0 bridgehead atoms. The van der Waals surface area contributed by atoms with E-state index < -0.39 is 11.9 Å². The third kappa shape index (κ3) is 5.46. The molecular weight excluding hydrogens is 450 g/mol. The first kappa shape index (κ1) is 26.7. The number of H-pyrrole nitrogens is 1. The number of carboxylic acid groups (broad SMARTS) is 1. The number of carboxylic acids is 1. The summed E-state index contributed by atoms with van der Waals surface area (Å²) in [5, 5.41) is 9.46. The second-order valence-corrected chi connectivity index (χ2v) is 11.2. The van der Waals surface area contributed by atoms with E-state index in [0.717, 1.165) is 25.7 Å². The van der Waals surface area contributed by atoms with Crippen molar-refractivity contribution in [2.45, 2.75) is 78.4 Å². The number of allylic oxidation sites excluding steroid dienone is 5. The van der Waals surface area contributed by atoms with Gasteiger partial charge in [-0.15, -0.1) is 0 Å². The molecule has 0 aromatic carbocycles. The average molecular weight is 494 g/mol. The Morgan fingerprint density at radius 1 is 1.19 bits per heavy atom. The molecule has 1 aromatic heterocycles. The van der Waals surface area contributed by atoms with Crippen LogP contribution < -0.4 is 0 Å². The van der Waals surface area contributed by atoms with Gasteiger partial charge in [-0.25, -0.2) is 0 Å². The molecule has 5 nitrogen and oxygen atoms in total. The van der Waals surface area contributed by atoms with Crippen molar-refractivity contribution in [3.05, 3.63) is 60.0 Å². The molecule has 3 aliphatic rings. The first-order valence-corrected chi connectivity index (χ1v) is 14.0. The number of aliphatic carboxylic acids is 1. The van der Waals surface area contributed by atoms with Gasteiger partial charge in [0.05, 0.1) is 23.8 Å². The maximum absolute atomic E-state index is 13.6. The van der Waals surface area contributed by atoms with Crippen LogP contribution in [0, 0.1) is 41.4 Å². The highest BCUT2D eigenvalue weighted by atomic mass is 16.5. The van der Waals surface area contributed by atoms with Gasteiger partial charge in [-0.2, -0.15) is 0 Å². The number of hydrogen-bond acceptors (Lipinski definition) is 3. The Morgan fingerprint density at radius 3 is 2.67 bits per heavy atom. The highest BCUT2D eigenvalue weighted by Crippen LogP contribution is 2.49. The second-order valence-electron chi connectivity index (χ2n) is 11.2. The Morgan fingerprint density at radius 2 is 2.00 bits per heavy atom. The summed E-state index contributed by atoms with van der Waals surface area (Å²) in [6, 6.07) is 3.80. The number of ketones is 1. The number of hydrogen-bond donors (Lipinski definition) is 2. The molecule has 36 heavy (non-hydrogen) atoms. The zero-order valence-electron chi connectivity index (χ0n) is 22.2. The van der Waals surface area contributed by atoms with Crippen molar-refractivity contribution in [2.24, 2.45) is 41.4 Å². The standard InChI is InChI=1S/C31H43NO4/c1-5-21-13-16-25-24(21)15-14-23(28(25)29(33)26-11-8-18-32-26)10-7-9-22(6-2)30-19(3)12-17-27(36-30)20(4)31(34)35/h7-11,14-15,18-21,23-25,27-28,30,32H,5-6,12-13,16-17H2,1-4H3,(H,34,35)/t19-,20+,21-,23+,24+,25+,27+,28+,30+/m0/s1. The second kappa shape index (κ2) is 11.8. The van der Waals surface area contributed by atoms with Crippen molar-refractivity contribution in [3.8, 4) is 0 Å². The molecule has 1 saturated heterocycles. The molecule has 2 fully saturated rings. The van der Waals surface area contributed by atoms with Crippen LogP contribution in [0.3, 0.4) is 0 Å². The topological polar surface area (TPSA) is 79.4 Å². The van der Waals surface area contributed by atoms with Crippen LogP contribution in [0.1, 0.15) is 76.7 Å². The van der Waals surface area contributed by atoms with E-state index in [-0.39, 0.29) is 29.8 Å². The lowest BCUT2D eigenvalue weighted by molar-refractivity contribution is -0.152. The normalized spacial score (nSPS) is 35.6. The maximum atomic E-state index is 13.6. The Bertz CT molecular complexity index is 990. The molecule has 196 valence electrons. The molecule has 4 rings (SSSR count). The van der Waals surface area contributed by atoms with Gasteiger partial charge < -0.3 is 14.8 Å². The Kier molecular flexibility index (Phi) is 8.71. The van der Waals surface area contributed by atoms with Crippen LogP contribution in [0.5, 0.6) is 0 Å². The van der Waals surface area contributed by atoms with Gasteiger partial charge in [-0.05, 0) is 80.4 Å². The van der Waals surface area contributed by atoms with Gasteiger partial charge in [0.1, 0.15) is 0 Å². The fourth-order valence-corrected chi connectivity index (χ4v) is 6.88. The van der Waals surface area contributed by atoms with Crippen molar-refractivity contribution in [1.82, 2.24) is 4.98 Å². The number of carbonyl (C=O) groups excluding carboxylic acids is 1. The summed E-state index contributed by atoms with van der Waals surface area (Å²) in [6.07, 6.45) is 18.7.